The molecule has 0 aliphatic rings. The molecule has 3 nitrogen and oxygen atoms in total. The van der Waals surface area contributed by atoms with Crippen LogP contribution in [-0.4, -0.2) is 30.4 Å². The summed E-state index contributed by atoms with van der Waals surface area (Å²) >= 11 is 0. The van der Waals surface area contributed by atoms with Crippen molar-refractivity contribution in [1.29, 1.82) is 0 Å². The number of nitrogens with zero attached hydrogens (tertiary/aromatic N) is 1. The fourth-order valence-electron chi connectivity index (χ4n) is 1.86. The van der Waals surface area contributed by atoms with E-state index in [0.717, 1.165) is 36.9 Å². The zero-order valence-corrected chi connectivity index (χ0v) is 10.8. The lowest BCUT2D eigenvalue weighted by Gasteiger charge is -2.20. The lowest BCUT2D eigenvalue weighted by Crippen LogP contribution is -2.18. The summed E-state index contributed by atoms with van der Waals surface area (Å²) in [5.74, 6) is 0. The molecule has 0 unspecified atom stereocenters. The van der Waals surface area contributed by atoms with E-state index in [9.17, 15) is 0 Å². The predicted octanol–water partition coefficient (Wildman–Crippen LogP) is 2.09. The first-order chi connectivity index (χ1) is 8.19. The van der Waals surface area contributed by atoms with Crippen LogP contribution in [-0.2, 0) is 6.61 Å². The van der Waals surface area contributed by atoms with Crippen molar-refractivity contribution >= 4 is 5.69 Å². The highest BCUT2D eigenvalue weighted by Crippen LogP contribution is 2.18. The van der Waals surface area contributed by atoms with Gasteiger partial charge in [0.25, 0.3) is 0 Å². The Bertz CT molecular complexity index is 339. The summed E-state index contributed by atoms with van der Waals surface area (Å²) in [7, 11) is 2.08. The number of hydrogen-bond donors (Lipinski definition) is 2. The number of anilines is 1. The van der Waals surface area contributed by atoms with Crippen molar-refractivity contribution in [2.75, 3.05) is 25.1 Å². The van der Waals surface area contributed by atoms with E-state index >= 15 is 0 Å². The second-order valence-corrected chi connectivity index (χ2v) is 4.47. The number of aliphatic hydroxyl groups is 2. The van der Waals surface area contributed by atoms with Crippen molar-refractivity contribution in [2.45, 2.75) is 32.8 Å². The molecule has 0 radical (unpaired) electrons. The van der Waals surface area contributed by atoms with Gasteiger partial charge in [-0.2, -0.15) is 0 Å². The van der Waals surface area contributed by atoms with E-state index in [2.05, 4.69) is 18.0 Å². The van der Waals surface area contributed by atoms with Crippen LogP contribution in [0.1, 0.15) is 30.4 Å². The third kappa shape index (κ3) is 4.36. The number of benzene rings is 1. The average Bonchev–Trinajstić information content (AvgIpc) is 2.34. The fraction of sp³-hybridized carbons (Fsp3) is 0.571. The van der Waals surface area contributed by atoms with Gasteiger partial charge in [-0.25, -0.2) is 0 Å². The molecular weight excluding hydrogens is 214 g/mol. The summed E-state index contributed by atoms with van der Waals surface area (Å²) in [4.78, 5) is 2.21. The minimum Gasteiger partial charge on any atom is -0.396 e. The topological polar surface area (TPSA) is 43.7 Å². The van der Waals surface area contributed by atoms with Gasteiger partial charge in [0.2, 0.25) is 0 Å². The number of hydrogen-bond acceptors (Lipinski definition) is 3. The summed E-state index contributed by atoms with van der Waals surface area (Å²) in [6.07, 6.45) is 3.04. The van der Waals surface area contributed by atoms with Crippen LogP contribution in [0.2, 0.25) is 0 Å². The minimum atomic E-state index is 0.103. The molecule has 3 heteroatoms. The van der Waals surface area contributed by atoms with Gasteiger partial charge in [-0.05, 0) is 49.4 Å². The standard InChI is InChI=1S/C14H23NO2/c1-12-10-14(7-6-13(12)11-17)15(2)8-4-3-5-9-16/h6-7,10,16-17H,3-5,8-9,11H2,1-2H3. The lowest BCUT2D eigenvalue weighted by molar-refractivity contribution is 0.281. The maximum Gasteiger partial charge on any atom is 0.0684 e. The summed E-state index contributed by atoms with van der Waals surface area (Å²) in [6.45, 7) is 3.41. The molecule has 17 heavy (non-hydrogen) atoms. The monoisotopic (exact) mass is 237 g/mol. The van der Waals surface area contributed by atoms with Crippen molar-refractivity contribution in [3.05, 3.63) is 29.3 Å². The van der Waals surface area contributed by atoms with Gasteiger partial charge in [-0.3, -0.25) is 0 Å². The van der Waals surface area contributed by atoms with E-state index in [1.165, 1.54) is 5.69 Å². The van der Waals surface area contributed by atoms with Crippen LogP contribution in [0, 0.1) is 6.92 Å². The SMILES string of the molecule is Cc1cc(N(C)CCCCCO)ccc1CO. The maximum atomic E-state index is 9.11. The van der Waals surface area contributed by atoms with Crippen molar-refractivity contribution in [3.8, 4) is 0 Å². The molecule has 2 N–H and O–H groups in total. The van der Waals surface area contributed by atoms with Gasteiger partial charge in [0.1, 0.15) is 0 Å². The normalized spacial score (nSPS) is 10.6. The first-order valence-electron chi connectivity index (χ1n) is 6.21. The van der Waals surface area contributed by atoms with E-state index in [1.807, 2.05) is 19.1 Å². The van der Waals surface area contributed by atoms with Crippen LogP contribution in [0.25, 0.3) is 0 Å². The Morgan fingerprint density at radius 3 is 2.47 bits per heavy atom. The summed E-state index contributed by atoms with van der Waals surface area (Å²) < 4.78 is 0. The Hall–Kier alpha value is -1.06. The molecule has 1 aromatic carbocycles. The molecule has 96 valence electrons. The van der Waals surface area contributed by atoms with Gasteiger partial charge < -0.3 is 15.1 Å². The van der Waals surface area contributed by atoms with Gasteiger partial charge in [0.15, 0.2) is 0 Å². The van der Waals surface area contributed by atoms with Crippen LogP contribution >= 0.6 is 0 Å². The van der Waals surface area contributed by atoms with E-state index in [4.69, 9.17) is 10.2 Å². The van der Waals surface area contributed by atoms with Gasteiger partial charge in [-0.15, -0.1) is 0 Å². The fourth-order valence-corrected chi connectivity index (χ4v) is 1.86. The van der Waals surface area contributed by atoms with Gasteiger partial charge in [-0.1, -0.05) is 6.07 Å². The molecule has 0 aliphatic heterocycles. The Morgan fingerprint density at radius 1 is 1.12 bits per heavy atom. The number of aliphatic hydroxyl groups excluding tert-OH is 2. The number of rotatable bonds is 7. The molecule has 1 rings (SSSR count). The third-order valence-corrected chi connectivity index (χ3v) is 3.09. The smallest absolute Gasteiger partial charge is 0.0684 e. The van der Waals surface area contributed by atoms with Crippen LogP contribution < -0.4 is 4.90 Å². The van der Waals surface area contributed by atoms with E-state index in [1.54, 1.807) is 0 Å². The molecule has 0 saturated heterocycles. The van der Waals surface area contributed by atoms with Crippen molar-refractivity contribution in [3.63, 3.8) is 0 Å². The molecule has 0 spiro atoms. The Labute approximate surface area is 104 Å². The van der Waals surface area contributed by atoms with E-state index < -0.39 is 0 Å². The highest BCUT2D eigenvalue weighted by atomic mass is 16.3. The highest BCUT2D eigenvalue weighted by molar-refractivity contribution is 5.50. The van der Waals surface area contributed by atoms with Crippen molar-refractivity contribution < 1.29 is 10.2 Å². The Balaban J connectivity index is 2.51. The van der Waals surface area contributed by atoms with Gasteiger partial charge >= 0.3 is 0 Å². The van der Waals surface area contributed by atoms with E-state index in [-0.39, 0.29) is 13.2 Å². The van der Waals surface area contributed by atoms with Gasteiger partial charge in [0, 0.05) is 25.9 Å². The largest absolute Gasteiger partial charge is 0.396 e. The molecule has 1 aromatic rings. The summed E-state index contributed by atoms with van der Waals surface area (Å²) in [6, 6.07) is 6.14. The third-order valence-electron chi connectivity index (χ3n) is 3.09. The van der Waals surface area contributed by atoms with Crippen molar-refractivity contribution in [1.82, 2.24) is 0 Å². The molecule has 0 bridgehead atoms. The van der Waals surface area contributed by atoms with E-state index in [0.29, 0.717) is 0 Å². The van der Waals surface area contributed by atoms with Crippen molar-refractivity contribution in [2.24, 2.45) is 0 Å². The Morgan fingerprint density at radius 2 is 1.88 bits per heavy atom. The molecule has 0 amide bonds. The molecule has 0 fully saturated rings. The predicted molar refractivity (Wildman–Crippen MR) is 71.3 cm³/mol. The first kappa shape index (κ1) is 14.0. The molecular formula is C14H23NO2. The molecule has 0 atom stereocenters. The highest BCUT2D eigenvalue weighted by Gasteiger charge is 2.03. The molecule has 0 aromatic heterocycles. The van der Waals surface area contributed by atoms with Crippen LogP contribution in [0.3, 0.4) is 0 Å². The van der Waals surface area contributed by atoms with Crippen LogP contribution in [0.4, 0.5) is 5.69 Å². The molecule has 0 heterocycles. The maximum absolute atomic E-state index is 9.11. The lowest BCUT2D eigenvalue weighted by atomic mass is 10.1. The molecule has 0 saturated carbocycles. The number of unbranched alkanes of at least 4 members (excludes halogenated alkanes) is 2. The second kappa shape index (κ2) is 7.30. The summed E-state index contributed by atoms with van der Waals surface area (Å²) in [5, 5.41) is 17.8. The number of aryl methyl sites for hydroxylation is 1. The zero-order valence-electron chi connectivity index (χ0n) is 10.8. The van der Waals surface area contributed by atoms with Crippen LogP contribution in [0.5, 0.6) is 0 Å². The van der Waals surface area contributed by atoms with Gasteiger partial charge in [0.05, 0.1) is 6.61 Å². The molecule has 0 aliphatic carbocycles. The Kier molecular flexibility index (Phi) is 6.01. The average molecular weight is 237 g/mol. The minimum absolute atomic E-state index is 0.103. The zero-order chi connectivity index (χ0) is 12.7. The van der Waals surface area contributed by atoms with Crippen LogP contribution in [0.15, 0.2) is 18.2 Å². The first-order valence-corrected chi connectivity index (χ1v) is 6.21. The summed E-state index contributed by atoms with van der Waals surface area (Å²) in [5.41, 5.74) is 3.30. The quantitative estimate of drug-likeness (QED) is 0.714. The second-order valence-electron chi connectivity index (χ2n) is 4.47.